The van der Waals surface area contributed by atoms with Gasteiger partial charge in [0, 0.05) is 12.3 Å². The minimum absolute atomic E-state index is 0.0343. The molecule has 25 heavy (non-hydrogen) atoms. The standard InChI is InChI=1S/C20H14FNO3/c21-10-5-7-11(8-6-10)22-19(24)17-14-9-15(23)16(18(17)20(22)25)13-4-2-1-3-12(13)14/h1-8,14,16-18H,9H2/t14-,16-,17+,18+/m0/s1. The van der Waals surface area contributed by atoms with E-state index in [0.29, 0.717) is 12.1 Å². The molecule has 0 N–H and O–H groups in total. The second kappa shape index (κ2) is 4.85. The molecular weight excluding hydrogens is 321 g/mol. The summed E-state index contributed by atoms with van der Waals surface area (Å²) in [4.78, 5) is 39.8. The predicted molar refractivity (Wildman–Crippen MR) is 87.4 cm³/mol. The summed E-state index contributed by atoms with van der Waals surface area (Å²) in [7, 11) is 0. The first kappa shape index (κ1) is 14.5. The highest BCUT2D eigenvalue weighted by atomic mass is 19.1. The molecule has 6 rings (SSSR count). The van der Waals surface area contributed by atoms with Crippen molar-refractivity contribution in [3.8, 4) is 0 Å². The average molecular weight is 335 g/mol. The van der Waals surface area contributed by atoms with Crippen LogP contribution in [0, 0.1) is 17.7 Å². The molecule has 4 atom stereocenters. The van der Waals surface area contributed by atoms with Crippen molar-refractivity contribution in [3.05, 3.63) is 65.5 Å². The molecule has 2 aromatic rings. The zero-order chi connectivity index (χ0) is 17.3. The molecule has 2 fully saturated rings. The summed E-state index contributed by atoms with van der Waals surface area (Å²) in [5.74, 6) is -2.96. The van der Waals surface area contributed by atoms with E-state index in [1.807, 2.05) is 24.3 Å². The Morgan fingerprint density at radius 1 is 0.840 bits per heavy atom. The lowest BCUT2D eigenvalue weighted by atomic mass is 9.56. The first-order chi connectivity index (χ1) is 12.1. The number of fused-ring (bicyclic) bond motifs is 1. The van der Waals surface area contributed by atoms with Crippen LogP contribution >= 0.6 is 0 Å². The molecule has 0 spiro atoms. The number of hydrogen-bond donors (Lipinski definition) is 0. The Morgan fingerprint density at radius 3 is 2.20 bits per heavy atom. The van der Waals surface area contributed by atoms with Gasteiger partial charge in [-0.15, -0.1) is 0 Å². The highest BCUT2D eigenvalue weighted by Gasteiger charge is 2.62. The number of rotatable bonds is 1. The lowest BCUT2D eigenvalue weighted by Crippen LogP contribution is -2.44. The number of carbonyl (C=O) groups is 3. The Labute approximate surface area is 143 Å². The summed E-state index contributed by atoms with van der Waals surface area (Å²) in [6.45, 7) is 0. The van der Waals surface area contributed by atoms with E-state index in [-0.39, 0.29) is 23.5 Å². The van der Waals surface area contributed by atoms with Gasteiger partial charge < -0.3 is 0 Å². The fraction of sp³-hybridized carbons (Fsp3) is 0.250. The molecule has 124 valence electrons. The molecule has 1 saturated heterocycles. The quantitative estimate of drug-likeness (QED) is 0.753. The summed E-state index contributed by atoms with van der Waals surface area (Å²) in [5, 5.41) is 0. The van der Waals surface area contributed by atoms with Crippen molar-refractivity contribution in [2.75, 3.05) is 4.90 Å². The van der Waals surface area contributed by atoms with E-state index < -0.39 is 23.6 Å². The van der Waals surface area contributed by atoms with Crippen LogP contribution in [0.3, 0.4) is 0 Å². The topological polar surface area (TPSA) is 54.5 Å². The molecule has 1 heterocycles. The van der Waals surface area contributed by atoms with Crippen molar-refractivity contribution < 1.29 is 18.8 Å². The number of benzene rings is 2. The highest BCUT2D eigenvalue weighted by Crippen LogP contribution is 2.57. The van der Waals surface area contributed by atoms with E-state index in [0.717, 1.165) is 16.0 Å². The Morgan fingerprint density at radius 2 is 1.48 bits per heavy atom. The third-order valence-corrected chi connectivity index (χ3v) is 5.77. The molecule has 4 nitrogen and oxygen atoms in total. The Kier molecular flexibility index (Phi) is 2.82. The monoisotopic (exact) mass is 335 g/mol. The molecular formula is C20H14FNO3. The van der Waals surface area contributed by atoms with E-state index in [2.05, 4.69) is 0 Å². The van der Waals surface area contributed by atoms with E-state index in [9.17, 15) is 18.8 Å². The maximum atomic E-state index is 13.2. The van der Waals surface area contributed by atoms with Gasteiger partial charge in [-0.3, -0.25) is 19.3 Å². The average Bonchev–Trinajstić information content (AvgIpc) is 2.88. The van der Waals surface area contributed by atoms with Gasteiger partial charge in [0.2, 0.25) is 11.8 Å². The van der Waals surface area contributed by atoms with Crippen molar-refractivity contribution in [3.63, 3.8) is 0 Å². The minimum atomic E-state index is -0.640. The van der Waals surface area contributed by atoms with E-state index >= 15 is 0 Å². The minimum Gasteiger partial charge on any atom is -0.299 e. The maximum absolute atomic E-state index is 13.2. The maximum Gasteiger partial charge on any atom is 0.238 e. The number of Topliss-reactive ketones (excluding diaryl/α,β-unsaturated/α-hetero) is 1. The molecule has 2 amide bonds. The fourth-order valence-corrected chi connectivity index (χ4v) is 4.80. The van der Waals surface area contributed by atoms with E-state index in [4.69, 9.17) is 0 Å². The molecule has 4 aliphatic rings. The predicted octanol–water partition coefficient (Wildman–Crippen LogP) is 2.79. The first-order valence-corrected chi connectivity index (χ1v) is 8.33. The van der Waals surface area contributed by atoms with Crippen molar-refractivity contribution in [1.29, 1.82) is 0 Å². The van der Waals surface area contributed by atoms with Gasteiger partial charge in [-0.1, -0.05) is 24.3 Å². The van der Waals surface area contributed by atoms with Gasteiger partial charge in [-0.05, 0) is 35.4 Å². The first-order valence-electron chi connectivity index (χ1n) is 8.33. The van der Waals surface area contributed by atoms with Crippen molar-refractivity contribution in [1.82, 2.24) is 0 Å². The number of halogens is 1. The molecule has 2 aromatic carbocycles. The normalized spacial score (nSPS) is 29.8. The van der Waals surface area contributed by atoms with Crippen LogP contribution in [0.5, 0.6) is 0 Å². The number of amides is 2. The third-order valence-electron chi connectivity index (χ3n) is 5.77. The molecule has 2 bridgehead atoms. The second-order valence-corrected chi connectivity index (χ2v) is 6.92. The number of anilines is 1. The Hall–Kier alpha value is -2.82. The largest absolute Gasteiger partial charge is 0.299 e. The van der Waals surface area contributed by atoms with Gasteiger partial charge in [0.1, 0.15) is 11.6 Å². The summed E-state index contributed by atoms with van der Waals surface area (Å²) >= 11 is 0. The number of hydrogen-bond acceptors (Lipinski definition) is 3. The van der Waals surface area contributed by atoms with Gasteiger partial charge in [-0.2, -0.15) is 0 Å². The number of ketones is 1. The molecule has 1 aliphatic heterocycles. The summed E-state index contributed by atoms with van der Waals surface area (Å²) < 4.78 is 13.2. The zero-order valence-corrected chi connectivity index (χ0v) is 13.2. The van der Waals surface area contributed by atoms with Crippen molar-refractivity contribution in [2.24, 2.45) is 11.8 Å². The van der Waals surface area contributed by atoms with Gasteiger partial charge in [-0.25, -0.2) is 4.39 Å². The second-order valence-electron chi connectivity index (χ2n) is 6.92. The van der Waals surface area contributed by atoms with Crippen molar-refractivity contribution >= 4 is 23.3 Å². The van der Waals surface area contributed by atoms with Gasteiger partial charge >= 0.3 is 0 Å². The van der Waals surface area contributed by atoms with Crippen LogP contribution in [0.4, 0.5) is 10.1 Å². The molecule has 1 saturated carbocycles. The van der Waals surface area contributed by atoms with Gasteiger partial charge in [0.25, 0.3) is 0 Å². The summed E-state index contributed by atoms with van der Waals surface area (Å²) in [5.41, 5.74) is 2.25. The molecule has 0 unspecified atom stereocenters. The molecule has 3 aliphatic carbocycles. The Bertz CT molecular complexity index is 936. The van der Waals surface area contributed by atoms with Crippen molar-refractivity contribution in [2.45, 2.75) is 18.3 Å². The highest BCUT2D eigenvalue weighted by molar-refractivity contribution is 6.24. The van der Waals surface area contributed by atoms with Crippen LogP contribution in [0.2, 0.25) is 0 Å². The van der Waals surface area contributed by atoms with Crippen LogP contribution in [0.1, 0.15) is 29.4 Å². The third kappa shape index (κ3) is 1.78. The number of nitrogens with zero attached hydrogens (tertiary/aromatic N) is 1. The fourth-order valence-electron chi connectivity index (χ4n) is 4.80. The molecule has 5 heteroatoms. The SMILES string of the molecule is O=C1C[C@H]2c3ccccc3[C@@H]1[C@H]1C(=O)N(c3ccc(F)cc3)C(=O)[C@@H]12. The lowest BCUT2D eigenvalue weighted by molar-refractivity contribution is -0.134. The summed E-state index contributed by atoms with van der Waals surface area (Å²) in [6, 6.07) is 12.9. The number of imide groups is 1. The van der Waals surface area contributed by atoms with Crippen LogP contribution in [0.25, 0.3) is 0 Å². The van der Waals surface area contributed by atoms with Crippen LogP contribution < -0.4 is 4.90 Å². The van der Waals surface area contributed by atoms with E-state index in [1.165, 1.54) is 24.3 Å². The zero-order valence-electron chi connectivity index (χ0n) is 13.2. The molecule has 0 radical (unpaired) electrons. The number of carbonyl (C=O) groups excluding carboxylic acids is 3. The van der Waals surface area contributed by atoms with E-state index in [1.54, 1.807) is 0 Å². The van der Waals surface area contributed by atoms with Crippen LogP contribution in [-0.4, -0.2) is 17.6 Å². The summed E-state index contributed by atoms with van der Waals surface area (Å²) in [6.07, 6.45) is 0.305. The van der Waals surface area contributed by atoms with Crippen LogP contribution in [-0.2, 0) is 14.4 Å². The smallest absolute Gasteiger partial charge is 0.238 e. The lowest BCUT2D eigenvalue weighted by Gasteiger charge is -2.43. The van der Waals surface area contributed by atoms with Gasteiger partial charge in [0.15, 0.2) is 0 Å². The Balaban J connectivity index is 1.65. The van der Waals surface area contributed by atoms with Gasteiger partial charge in [0.05, 0.1) is 23.4 Å². The van der Waals surface area contributed by atoms with Crippen LogP contribution in [0.15, 0.2) is 48.5 Å². The molecule has 0 aromatic heterocycles.